The summed E-state index contributed by atoms with van der Waals surface area (Å²) in [7, 11) is 0. The normalized spacial score (nSPS) is 9.25. The van der Waals surface area contributed by atoms with Gasteiger partial charge in [0.2, 0.25) is 0 Å². The molecule has 2 nitrogen and oxygen atoms in total. The van der Waals surface area contributed by atoms with Crippen LogP contribution in [0.3, 0.4) is 0 Å². The van der Waals surface area contributed by atoms with Gasteiger partial charge in [0.25, 0.3) is 0 Å². The molecule has 0 radical (unpaired) electrons. The number of furan rings is 1. The van der Waals surface area contributed by atoms with Gasteiger partial charge in [0, 0.05) is 23.2 Å². The predicted octanol–water partition coefficient (Wildman–Crippen LogP) is 3.16. The van der Waals surface area contributed by atoms with Crippen molar-refractivity contribution >= 4 is 10.8 Å². The molecule has 0 N–H and O–H groups in total. The molecule has 2 aromatic heterocycles. The lowest BCUT2D eigenvalue weighted by Gasteiger charge is -1.84. The van der Waals surface area contributed by atoms with E-state index in [1.165, 1.54) is 0 Å². The summed E-state index contributed by atoms with van der Waals surface area (Å²) in [6.07, 6.45) is 5.32. The third-order valence-corrected chi connectivity index (χ3v) is 1.60. The minimum Gasteiger partial charge on any atom is -0.468 e. The van der Waals surface area contributed by atoms with E-state index in [-0.39, 0.29) is 0 Å². The first-order valence-corrected chi connectivity index (χ1v) is 4.16. The van der Waals surface area contributed by atoms with Crippen LogP contribution < -0.4 is 0 Å². The average Bonchev–Trinajstić information content (AvgIpc) is 2.53. The Morgan fingerprint density at radius 2 is 2.08 bits per heavy atom. The number of pyridine rings is 1. The second kappa shape index (κ2) is 3.90. The van der Waals surface area contributed by atoms with Gasteiger partial charge < -0.3 is 4.42 Å². The Labute approximate surface area is 72.2 Å². The number of hydrogen-bond donors (Lipinski definition) is 0. The third kappa shape index (κ3) is 1.47. The first-order chi connectivity index (χ1) is 5.88. The molecule has 0 atom stereocenters. The molecule has 0 spiro atoms. The highest BCUT2D eigenvalue weighted by Crippen LogP contribution is 2.17. The molecule has 0 aliphatic rings. The third-order valence-electron chi connectivity index (χ3n) is 1.60. The molecule has 0 saturated heterocycles. The van der Waals surface area contributed by atoms with E-state index < -0.39 is 0 Å². The zero-order valence-electron chi connectivity index (χ0n) is 7.66. The molecule has 0 bridgehead atoms. The molecule has 0 fully saturated rings. The number of rotatable bonds is 0. The van der Waals surface area contributed by atoms with E-state index in [9.17, 15) is 0 Å². The topological polar surface area (TPSA) is 26.0 Å². The Morgan fingerprint density at radius 3 is 2.75 bits per heavy atom. The van der Waals surface area contributed by atoms with Crippen molar-refractivity contribution in [2.24, 2.45) is 0 Å². The molecule has 0 aliphatic heterocycles. The average molecular weight is 163 g/mol. The summed E-state index contributed by atoms with van der Waals surface area (Å²) in [4.78, 5) is 3.99. The SMILES string of the molecule is CC.Cc1occ2ccncc12. The highest BCUT2D eigenvalue weighted by Gasteiger charge is 1.98. The van der Waals surface area contributed by atoms with E-state index in [1.807, 2.05) is 33.0 Å². The van der Waals surface area contributed by atoms with Gasteiger partial charge in [0.1, 0.15) is 5.76 Å². The molecule has 12 heavy (non-hydrogen) atoms. The quantitative estimate of drug-likeness (QED) is 0.596. The highest BCUT2D eigenvalue weighted by molar-refractivity contribution is 5.82. The molecule has 64 valence electrons. The summed E-state index contributed by atoms with van der Waals surface area (Å²) < 4.78 is 5.17. The van der Waals surface area contributed by atoms with Crippen molar-refractivity contribution in [1.29, 1.82) is 0 Å². The van der Waals surface area contributed by atoms with Crippen molar-refractivity contribution < 1.29 is 4.42 Å². The van der Waals surface area contributed by atoms with E-state index in [1.54, 1.807) is 12.5 Å². The number of hydrogen-bond acceptors (Lipinski definition) is 2. The molecule has 2 heteroatoms. The van der Waals surface area contributed by atoms with Crippen LogP contribution in [-0.2, 0) is 0 Å². The summed E-state index contributed by atoms with van der Waals surface area (Å²) in [6, 6.07) is 1.94. The lowest BCUT2D eigenvalue weighted by atomic mass is 10.2. The van der Waals surface area contributed by atoms with Gasteiger partial charge in [0.15, 0.2) is 0 Å². The first kappa shape index (κ1) is 8.78. The van der Waals surface area contributed by atoms with E-state index in [2.05, 4.69) is 4.98 Å². The highest BCUT2D eigenvalue weighted by atomic mass is 16.3. The Morgan fingerprint density at radius 1 is 1.33 bits per heavy atom. The van der Waals surface area contributed by atoms with Crippen molar-refractivity contribution in [2.75, 3.05) is 0 Å². The fourth-order valence-electron chi connectivity index (χ4n) is 1.02. The van der Waals surface area contributed by atoms with Gasteiger partial charge in [-0.3, -0.25) is 4.98 Å². The molecule has 0 saturated carbocycles. The monoisotopic (exact) mass is 163 g/mol. The van der Waals surface area contributed by atoms with Crippen molar-refractivity contribution in [2.45, 2.75) is 20.8 Å². The summed E-state index contributed by atoms with van der Waals surface area (Å²) >= 11 is 0. The Balaban J connectivity index is 0.000000336. The maximum absolute atomic E-state index is 5.17. The van der Waals surface area contributed by atoms with Crippen LogP contribution in [0.4, 0.5) is 0 Å². The zero-order chi connectivity index (χ0) is 8.97. The first-order valence-electron chi connectivity index (χ1n) is 4.16. The van der Waals surface area contributed by atoms with Crippen LogP contribution in [-0.4, -0.2) is 4.98 Å². The molecule has 0 unspecified atom stereocenters. The summed E-state index contributed by atoms with van der Waals surface area (Å²) in [6.45, 7) is 5.93. The van der Waals surface area contributed by atoms with Crippen LogP contribution in [0.25, 0.3) is 10.8 Å². The largest absolute Gasteiger partial charge is 0.468 e. The Bertz CT molecular complexity index is 351. The minimum absolute atomic E-state index is 0.933. The van der Waals surface area contributed by atoms with Crippen LogP contribution in [0.1, 0.15) is 19.6 Å². The van der Waals surface area contributed by atoms with Gasteiger partial charge in [-0.05, 0) is 13.0 Å². The summed E-state index contributed by atoms with van der Waals surface area (Å²) in [5.74, 6) is 0.933. The van der Waals surface area contributed by atoms with Gasteiger partial charge >= 0.3 is 0 Å². The van der Waals surface area contributed by atoms with E-state index in [0.717, 1.165) is 16.5 Å². The lowest BCUT2D eigenvalue weighted by Crippen LogP contribution is -1.69. The molecule has 2 aromatic rings. The fraction of sp³-hybridized carbons (Fsp3) is 0.300. The predicted molar refractivity (Wildman–Crippen MR) is 50.1 cm³/mol. The number of aryl methyl sites for hydroxylation is 1. The van der Waals surface area contributed by atoms with Crippen LogP contribution in [0.15, 0.2) is 29.1 Å². The van der Waals surface area contributed by atoms with Crippen molar-refractivity contribution in [1.82, 2.24) is 4.98 Å². The maximum Gasteiger partial charge on any atom is 0.110 e. The summed E-state index contributed by atoms with van der Waals surface area (Å²) in [5.41, 5.74) is 0. The van der Waals surface area contributed by atoms with Gasteiger partial charge in [-0.15, -0.1) is 0 Å². The van der Waals surface area contributed by atoms with Gasteiger partial charge in [0.05, 0.1) is 6.26 Å². The summed E-state index contributed by atoms with van der Waals surface area (Å²) in [5, 5.41) is 2.22. The van der Waals surface area contributed by atoms with E-state index in [0.29, 0.717) is 0 Å². The second-order valence-electron chi connectivity index (χ2n) is 2.25. The standard InChI is InChI=1S/C8H7NO.C2H6/c1-6-8-4-9-3-2-7(8)5-10-6;1-2/h2-5H,1H3;1-2H3. The molecule has 2 rings (SSSR count). The van der Waals surface area contributed by atoms with Crippen LogP contribution in [0.5, 0.6) is 0 Å². The van der Waals surface area contributed by atoms with Crippen molar-refractivity contribution in [3.8, 4) is 0 Å². The van der Waals surface area contributed by atoms with E-state index in [4.69, 9.17) is 4.42 Å². The van der Waals surface area contributed by atoms with Crippen LogP contribution >= 0.6 is 0 Å². The number of nitrogens with zero attached hydrogens (tertiary/aromatic N) is 1. The van der Waals surface area contributed by atoms with Gasteiger partial charge in [-0.25, -0.2) is 0 Å². The van der Waals surface area contributed by atoms with Crippen LogP contribution in [0.2, 0.25) is 0 Å². The number of aromatic nitrogens is 1. The fourth-order valence-corrected chi connectivity index (χ4v) is 1.02. The lowest BCUT2D eigenvalue weighted by molar-refractivity contribution is 0.539. The molecule has 0 amide bonds. The molecule has 2 heterocycles. The van der Waals surface area contributed by atoms with Crippen molar-refractivity contribution in [3.05, 3.63) is 30.5 Å². The zero-order valence-corrected chi connectivity index (χ0v) is 7.66. The smallest absolute Gasteiger partial charge is 0.110 e. The molecule has 0 aromatic carbocycles. The van der Waals surface area contributed by atoms with E-state index >= 15 is 0 Å². The molecule has 0 aliphatic carbocycles. The van der Waals surface area contributed by atoms with Crippen molar-refractivity contribution in [3.63, 3.8) is 0 Å². The number of fused-ring (bicyclic) bond motifs is 1. The molecular formula is C10H13NO. The minimum atomic E-state index is 0.933. The second-order valence-corrected chi connectivity index (χ2v) is 2.25. The Kier molecular flexibility index (Phi) is 2.86. The maximum atomic E-state index is 5.17. The van der Waals surface area contributed by atoms with Gasteiger partial charge in [-0.1, -0.05) is 13.8 Å². The van der Waals surface area contributed by atoms with Gasteiger partial charge in [-0.2, -0.15) is 0 Å². The Hall–Kier alpha value is -1.31. The van der Waals surface area contributed by atoms with Crippen LogP contribution in [0, 0.1) is 6.92 Å². The molecular weight excluding hydrogens is 150 g/mol.